The van der Waals surface area contributed by atoms with Crippen molar-refractivity contribution >= 4 is 15.9 Å². The van der Waals surface area contributed by atoms with Crippen LogP contribution in [-0.4, -0.2) is 14.2 Å². The normalized spacial score (nSPS) is 14.6. The Bertz CT molecular complexity index is 341. The fourth-order valence-corrected chi connectivity index (χ4v) is 2.47. The zero-order chi connectivity index (χ0) is 12.1. The van der Waals surface area contributed by atoms with Gasteiger partial charge in [0.25, 0.3) is 0 Å². The molecule has 0 amide bonds. The molecule has 0 spiro atoms. The molecule has 1 rings (SSSR count). The van der Waals surface area contributed by atoms with Gasteiger partial charge in [0.05, 0.1) is 7.11 Å². The monoisotopic (exact) mass is 285 g/mol. The van der Waals surface area contributed by atoms with Crippen LogP contribution in [0.15, 0.2) is 22.7 Å². The lowest BCUT2D eigenvalue weighted by molar-refractivity contribution is 0.395. The van der Waals surface area contributed by atoms with Crippen LogP contribution in [0.3, 0.4) is 0 Å². The summed E-state index contributed by atoms with van der Waals surface area (Å²) < 4.78 is 6.30. The maximum Gasteiger partial charge on any atom is 0.120 e. The summed E-state index contributed by atoms with van der Waals surface area (Å²) in [7, 11) is 3.69. The second kappa shape index (κ2) is 6.26. The Morgan fingerprint density at radius 1 is 1.44 bits per heavy atom. The van der Waals surface area contributed by atoms with E-state index in [1.54, 1.807) is 7.11 Å². The minimum atomic E-state index is 0.380. The molecule has 0 radical (unpaired) electrons. The zero-order valence-electron chi connectivity index (χ0n) is 10.4. The molecule has 0 saturated heterocycles. The Hall–Kier alpha value is -0.540. The molecule has 1 aromatic carbocycles. The lowest BCUT2D eigenvalue weighted by Gasteiger charge is -2.24. The van der Waals surface area contributed by atoms with Gasteiger partial charge in [-0.1, -0.05) is 42.3 Å². The van der Waals surface area contributed by atoms with Crippen molar-refractivity contribution in [1.29, 1.82) is 0 Å². The van der Waals surface area contributed by atoms with Crippen LogP contribution in [0.5, 0.6) is 5.75 Å². The highest BCUT2D eigenvalue weighted by Gasteiger charge is 2.18. The summed E-state index contributed by atoms with van der Waals surface area (Å²) in [5, 5.41) is 3.38. The number of rotatable bonds is 5. The Labute approximate surface area is 107 Å². The van der Waals surface area contributed by atoms with Crippen molar-refractivity contribution in [3.05, 3.63) is 28.2 Å². The van der Waals surface area contributed by atoms with E-state index in [1.165, 1.54) is 5.56 Å². The lowest BCUT2D eigenvalue weighted by Crippen LogP contribution is -2.23. The van der Waals surface area contributed by atoms with E-state index < -0.39 is 0 Å². The molecule has 2 atom stereocenters. The van der Waals surface area contributed by atoms with E-state index in [4.69, 9.17) is 4.74 Å². The van der Waals surface area contributed by atoms with Crippen molar-refractivity contribution in [2.75, 3.05) is 14.2 Å². The average molecular weight is 286 g/mol. The summed E-state index contributed by atoms with van der Waals surface area (Å²) >= 11 is 3.61. The van der Waals surface area contributed by atoms with E-state index in [9.17, 15) is 0 Å². The summed E-state index contributed by atoms with van der Waals surface area (Å²) in [6.07, 6.45) is 1.16. The first-order chi connectivity index (χ1) is 7.63. The minimum absolute atomic E-state index is 0.380. The van der Waals surface area contributed by atoms with Crippen LogP contribution in [0, 0.1) is 5.92 Å². The second-order valence-electron chi connectivity index (χ2n) is 4.04. The number of nitrogens with one attached hydrogen (secondary N) is 1. The van der Waals surface area contributed by atoms with E-state index in [2.05, 4.69) is 41.2 Å². The van der Waals surface area contributed by atoms with Crippen LogP contribution in [-0.2, 0) is 0 Å². The maximum atomic E-state index is 5.20. The van der Waals surface area contributed by atoms with Crippen molar-refractivity contribution in [1.82, 2.24) is 5.32 Å². The lowest BCUT2D eigenvalue weighted by atomic mass is 9.92. The largest absolute Gasteiger partial charge is 0.497 e. The number of hydrogen-bond acceptors (Lipinski definition) is 2. The Morgan fingerprint density at radius 3 is 2.56 bits per heavy atom. The first kappa shape index (κ1) is 13.5. The zero-order valence-corrected chi connectivity index (χ0v) is 12.0. The SMILES string of the molecule is CCC(C)C(NC)c1ccc(OC)cc1Br. The number of hydrogen-bond donors (Lipinski definition) is 1. The summed E-state index contributed by atoms with van der Waals surface area (Å²) in [4.78, 5) is 0. The van der Waals surface area contributed by atoms with E-state index in [0.29, 0.717) is 12.0 Å². The Morgan fingerprint density at radius 2 is 2.12 bits per heavy atom. The minimum Gasteiger partial charge on any atom is -0.497 e. The van der Waals surface area contributed by atoms with Gasteiger partial charge in [0.2, 0.25) is 0 Å². The molecule has 1 N–H and O–H groups in total. The van der Waals surface area contributed by atoms with Crippen molar-refractivity contribution in [2.45, 2.75) is 26.3 Å². The third kappa shape index (κ3) is 2.98. The van der Waals surface area contributed by atoms with Crippen LogP contribution in [0.4, 0.5) is 0 Å². The standard InChI is InChI=1S/C13H20BrNO/c1-5-9(2)13(15-3)11-7-6-10(16-4)8-12(11)14/h6-9,13,15H,5H2,1-4H3. The summed E-state index contributed by atoms with van der Waals surface area (Å²) in [6, 6.07) is 6.52. The van der Waals surface area contributed by atoms with Crippen molar-refractivity contribution in [3.63, 3.8) is 0 Å². The quantitative estimate of drug-likeness (QED) is 0.889. The molecule has 0 bridgehead atoms. The molecule has 2 nitrogen and oxygen atoms in total. The van der Waals surface area contributed by atoms with Gasteiger partial charge >= 0.3 is 0 Å². The van der Waals surface area contributed by atoms with Gasteiger partial charge in [-0.25, -0.2) is 0 Å². The average Bonchev–Trinajstić information content (AvgIpc) is 2.31. The van der Waals surface area contributed by atoms with Crippen molar-refractivity contribution in [2.24, 2.45) is 5.92 Å². The molecule has 0 aliphatic rings. The summed E-state index contributed by atoms with van der Waals surface area (Å²) in [5.41, 5.74) is 1.29. The highest BCUT2D eigenvalue weighted by atomic mass is 79.9. The summed E-state index contributed by atoms with van der Waals surface area (Å²) in [5.74, 6) is 1.49. The van der Waals surface area contributed by atoms with Crippen molar-refractivity contribution in [3.8, 4) is 5.75 Å². The van der Waals surface area contributed by atoms with Crippen LogP contribution in [0.1, 0.15) is 31.9 Å². The summed E-state index contributed by atoms with van der Waals surface area (Å²) in [6.45, 7) is 4.48. The maximum absolute atomic E-state index is 5.20. The number of benzene rings is 1. The van der Waals surface area contributed by atoms with E-state index >= 15 is 0 Å². The Kier molecular flexibility index (Phi) is 5.29. The van der Waals surface area contributed by atoms with Gasteiger partial charge in [0.15, 0.2) is 0 Å². The molecule has 1 aromatic rings. The third-order valence-electron chi connectivity index (χ3n) is 3.07. The van der Waals surface area contributed by atoms with Gasteiger partial charge in [0.1, 0.15) is 5.75 Å². The molecular formula is C13H20BrNO. The van der Waals surface area contributed by atoms with Crippen LogP contribution in [0.2, 0.25) is 0 Å². The smallest absolute Gasteiger partial charge is 0.120 e. The van der Waals surface area contributed by atoms with E-state index in [0.717, 1.165) is 16.6 Å². The fourth-order valence-electron chi connectivity index (χ4n) is 1.87. The molecule has 0 fully saturated rings. The van der Waals surface area contributed by atoms with Crippen LogP contribution < -0.4 is 10.1 Å². The molecule has 0 aromatic heterocycles. The molecule has 2 unspecified atom stereocenters. The number of methoxy groups -OCH3 is 1. The van der Waals surface area contributed by atoms with Gasteiger partial charge in [0, 0.05) is 10.5 Å². The van der Waals surface area contributed by atoms with E-state index in [-0.39, 0.29) is 0 Å². The Balaban J connectivity index is 3.01. The highest BCUT2D eigenvalue weighted by Crippen LogP contribution is 2.32. The third-order valence-corrected chi connectivity index (χ3v) is 3.75. The first-order valence-corrected chi connectivity index (χ1v) is 6.44. The molecule has 0 heterocycles. The fraction of sp³-hybridized carbons (Fsp3) is 0.538. The van der Waals surface area contributed by atoms with Gasteiger partial charge in [-0.05, 0) is 30.7 Å². The molecule has 3 heteroatoms. The van der Waals surface area contributed by atoms with Gasteiger partial charge in [-0.2, -0.15) is 0 Å². The molecule has 90 valence electrons. The van der Waals surface area contributed by atoms with Gasteiger partial charge in [-0.3, -0.25) is 0 Å². The predicted molar refractivity (Wildman–Crippen MR) is 71.9 cm³/mol. The highest BCUT2D eigenvalue weighted by molar-refractivity contribution is 9.10. The molecular weight excluding hydrogens is 266 g/mol. The predicted octanol–water partition coefficient (Wildman–Crippen LogP) is 3.76. The molecule has 16 heavy (non-hydrogen) atoms. The van der Waals surface area contributed by atoms with Crippen LogP contribution in [0.25, 0.3) is 0 Å². The second-order valence-corrected chi connectivity index (χ2v) is 4.89. The van der Waals surface area contributed by atoms with Crippen molar-refractivity contribution < 1.29 is 4.74 Å². The van der Waals surface area contributed by atoms with E-state index in [1.807, 2.05) is 19.2 Å². The first-order valence-electron chi connectivity index (χ1n) is 5.64. The molecule has 0 saturated carbocycles. The topological polar surface area (TPSA) is 21.3 Å². The molecule has 0 aliphatic heterocycles. The molecule has 0 aliphatic carbocycles. The number of ether oxygens (including phenoxy) is 1. The van der Waals surface area contributed by atoms with Gasteiger partial charge < -0.3 is 10.1 Å². The number of halogens is 1. The van der Waals surface area contributed by atoms with Gasteiger partial charge in [-0.15, -0.1) is 0 Å². The van der Waals surface area contributed by atoms with Crippen LogP contribution >= 0.6 is 15.9 Å².